The highest BCUT2D eigenvalue weighted by Crippen LogP contribution is 2.63. The number of hydrogen-bond acceptors (Lipinski definition) is 4. The molecule has 1 aromatic rings. The van der Waals surface area contributed by atoms with Crippen LogP contribution >= 0.6 is 0 Å². The number of ether oxygens (including phenoxy) is 1. The highest BCUT2D eigenvalue weighted by atomic mass is 16.5. The minimum absolute atomic E-state index is 0.0164. The van der Waals surface area contributed by atoms with Crippen LogP contribution in [-0.4, -0.2) is 22.6 Å². The average Bonchev–Trinajstić information content (AvgIpc) is 2.88. The standard InChI is InChI=1S/C20H26O4/c1-10-9-24-18-13(10)16(22)14-11(21)8-12-19(2,3)6-5-7-20(12,4)15(14)17(18)23/h10,12,22-23H,5-9H2,1-4H3/t10-,12+,20+/m1/s1. The van der Waals surface area contributed by atoms with Crippen LogP contribution < -0.4 is 4.74 Å². The molecule has 1 aromatic carbocycles. The van der Waals surface area contributed by atoms with Crippen molar-refractivity contribution in [1.82, 2.24) is 0 Å². The first kappa shape index (κ1) is 15.8. The molecule has 1 fully saturated rings. The number of carbonyl (C=O) groups excluding carboxylic acids is 1. The van der Waals surface area contributed by atoms with Crippen LogP contribution in [0, 0.1) is 11.3 Å². The van der Waals surface area contributed by atoms with Gasteiger partial charge < -0.3 is 14.9 Å². The van der Waals surface area contributed by atoms with E-state index in [0.717, 1.165) is 19.3 Å². The number of ketones is 1. The van der Waals surface area contributed by atoms with Gasteiger partial charge in [-0.2, -0.15) is 0 Å². The van der Waals surface area contributed by atoms with Crippen molar-refractivity contribution in [2.75, 3.05) is 6.61 Å². The van der Waals surface area contributed by atoms with Gasteiger partial charge in [0.2, 0.25) is 0 Å². The molecule has 4 rings (SSSR count). The zero-order valence-corrected chi connectivity index (χ0v) is 14.9. The molecule has 0 spiro atoms. The largest absolute Gasteiger partial charge is 0.507 e. The number of rotatable bonds is 0. The van der Waals surface area contributed by atoms with E-state index >= 15 is 0 Å². The monoisotopic (exact) mass is 330 g/mol. The molecule has 0 aromatic heterocycles. The molecule has 4 heteroatoms. The van der Waals surface area contributed by atoms with Crippen molar-refractivity contribution in [2.45, 2.75) is 64.7 Å². The van der Waals surface area contributed by atoms with Crippen molar-refractivity contribution in [1.29, 1.82) is 0 Å². The van der Waals surface area contributed by atoms with E-state index in [1.54, 1.807) is 0 Å². The van der Waals surface area contributed by atoms with Crippen molar-refractivity contribution in [3.8, 4) is 17.2 Å². The van der Waals surface area contributed by atoms with E-state index in [-0.39, 0.29) is 39.9 Å². The van der Waals surface area contributed by atoms with Crippen LogP contribution in [0.4, 0.5) is 0 Å². The Morgan fingerprint density at radius 3 is 2.54 bits per heavy atom. The Labute approximate surface area is 142 Å². The summed E-state index contributed by atoms with van der Waals surface area (Å²) in [5.74, 6) is 0.614. The lowest BCUT2D eigenvalue weighted by Crippen LogP contribution is -2.49. The van der Waals surface area contributed by atoms with Gasteiger partial charge in [-0.3, -0.25) is 4.79 Å². The molecule has 0 bridgehead atoms. The van der Waals surface area contributed by atoms with Gasteiger partial charge in [-0.05, 0) is 24.2 Å². The minimum Gasteiger partial charge on any atom is -0.507 e. The number of phenolic OH excluding ortho intramolecular Hbond substituents is 2. The van der Waals surface area contributed by atoms with Gasteiger partial charge in [0.1, 0.15) is 5.75 Å². The molecular weight excluding hydrogens is 304 g/mol. The molecule has 3 atom stereocenters. The van der Waals surface area contributed by atoms with Crippen LogP contribution in [0.25, 0.3) is 0 Å². The first-order valence-corrected chi connectivity index (χ1v) is 8.96. The molecule has 1 aliphatic heterocycles. The van der Waals surface area contributed by atoms with Gasteiger partial charge in [0.05, 0.1) is 12.2 Å². The van der Waals surface area contributed by atoms with E-state index in [1.165, 1.54) is 0 Å². The van der Waals surface area contributed by atoms with Crippen LogP contribution in [0.5, 0.6) is 17.2 Å². The van der Waals surface area contributed by atoms with Crippen LogP contribution in [-0.2, 0) is 5.41 Å². The number of fused-ring (bicyclic) bond motifs is 4. The summed E-state index contributed by atoms with van der Waals surface area (Å²) < 4.78 is 5.68. The van der Waals surface area contributed by atoms with Crippen molar-refractivity contribution >= 4 is 5.78 Å². The lowest BCUT2D eigenvalue weighted by molar-refractivity contribution is 0.0351. The van der Waals surface area contributed by atoms with Crippen LogP contribution in [0.1, 0.15) is 80.8 Å². The molecule has 4 nitrogen and oxygen atoms in total. The molecule has 0 amide bonds. The molecule has 2 aliphatic carbocycles. The Balaban J connectivity index is 2.03. The average molecular weight is 330 g/mol. The zero-order chi connectivity index (χ0) is 17.4. The molecule has 2 N–H and O–H groups in total. The lowest BCUT2D eigenvalue weighted by atomic mass is 9.50. The second kappa shape index (κ2) is 4.68. The van der Waals surface area contributed by atoms with Gasteiger partial charge >= 0.3 is 0 Å². The van der Waals surface area contributed by atoms with Crippen molar-refractivity contribution in [2.24, 2.45) is 11.3 Å². The molecule has 3 aliphatic rings. The molecular formula is C20H26O4. The fourth-order valence-electron chi connectivity index (χ4n) is 5.65. The second-order valence-electron chi connectivity index (χ2n) is 8.84. The van der Waals surface area contributed by atoms with Gasteiger partial charge in [-0.25, -0.2) is 0 Å². The maximum absolute atomic E-state index is 12.9. The summed E-state index contributed by atoms with van der Waals surface area (Å²) in [5.41, 5.74) is 1.30. The third-order valence-corrected chi connectivity index (χ3v) is 6.88. The lowest BCUT2D eigenvalue weighted by Gasteiger charge is -2.53. The molecule has 24 heavy (non-hydrogen) atoms. The maximum atomic E-state index is 12.9. The van der Waals surface area contributed by atoms with Gasteiger partial charge in [0, 0.05) is 28.9 Å². The molecule has 0 unspecified atom stereocenters. The van der Waals surface area contributed by atoms with Crippen molar-refractivity contribution in [3.05, 3.63) is 16.7 Å². The molecule has 0 radical (unpaired) electrons. The van der Waals surface area contributed by atoms with E-state index in [2.05, 4.69) is 20.8 Å². The molecule has 1 heterocycles. The number of Topliss-reactive ketones (excluding diaryl/α,β-unsaturated/α-hetero) is 1. The van der Waals surface area contributed by atoms with E-state index in [0.29, 0.717) is 35.5 Å². The second-order valence-corrected chi connectivity index (χ2v) is 8.84. The first-order chi connectivity index (χ1) is 11.2. The summed E-state index contributed by atoms with van der Waals surface area (Å²) in [6.45, 7) is 8.96. The van der Waals surface area contributed by atoms with E-state index in [1.807, 2.05) is 6.92 Å². The summed E-state index contributed by atoms with van der Waals surface area (Å²) in [5, 5.41) is 21.8. The summed E-state index contributed by atoms with van der Waals surface area (Å²) >= 11 is 0. The Morgan fingerprint density at radius 2 is 1.83 bits per heavy atom. The fraction of sp³-hybridized carbons (Fsp3) is 0.650. The summed E-state index contributed by atoms with van der Waals surface area (Å²) in [4.78, 5) is 12.9. The summed E-state index contributed by atoms with van der Waals surface area (Å²) in [6.07, 6.45) is 3.50. The highest BCUT2D eigenvalue weighted by Gasteiger charge is 2.55. The summed E-state index contributed by atoms with van der Waals surface area (Å²) in [6, 6.07) is 0. The van der Waals surface area contributed by atoms with Gasteiger partial charge in [0.15, 0.2) is 17.3 Å². The Bertz CT molecular complexity index is 749. The Morgan fingerprint density at radius 1 is 1.12 bits per heavy atom. The zero-order valence-electron chi connectivity index (χ0n) is 14.9. The smallest absolute Gasteiger partial charge is 0.168 e. The van der Waals surface area contributed by atoms with Crippen LogP contribution in [0.15, 0.2) is 0 Å². The van der Waals surface area contributed by atoms with E-state index < -0.39 is 0 Å². The predicted octanol–water partition coefficient (Wildman–Crippen LogP) is 4.26. The van der Waals surface area contributed by atoms with Crippen LogP contribution in [0.3, 0.4) is 0 Å². The predicted molar refractivity (Wildman–Crippen MR) is 91.1 cm³/mol. The maximum Gasteiger partial charge on any atom is 0.168 e. The number of hydrogen-bond donors (Lipinski definition) is 2. The van der Waals surface area contributed by atoms with Crippen LogP contribution in [0.2, 0.25) is 0 Å². The number of aromatic hydroxyl groups is 2. The number of carbonyl (C=O) groups is 1. The Hall–Kier alpha value is -1.71. The third kappa shape index (κ3) is 1.77. The van der Waals surface area contributed by atoms with Crippen molar-refractivity contribution < 1.29 is 19.7 Å². The normalized spacial score (nSPS) is 33.4. The van der Waals surface area contributed by atoms with E-state index in [9.17, 15) is 15.0 Å². The first-order valence-electron chi connectivity index (χ1n) is 8.96. The topological polar surface area (TPSA) is 66.8 Å². The van der Waals surface area contributed by atoms with Crippen molar-refractivity contribution in [3.63, 3.8) is 0 Å². The molecule has 130 valence electrons. The number of benzene rings is 1. The molecule has 0 saturated heterocycles. The Kier molecular flexibility index (Phi) is 3.08. The van der Waals surface area contributed by atoms with Gasteiger partial charge in [-0.1, -0.05) is 34.1 Å². The number of phenols is 2. The quantitative estimate of drug-likeness (QED) is 0.697. The minimum atomic E-state index is -0.309. The third-order valence-electron chi connectivity index (χ3n) is 6.88. The molecule has 1 saturated carbocycles. The fourth-order valence-corrected chi connectivity index (χ4v) is 5.65. The SMILES string of the molecule is C[C@@H]1COc2c(O)c3c(c(O)c21)C(=O)C[C@H]1C(C)(C)CCC[C@]31C. The summed E-state index contributed by atoms with van der Waals surface area (Å²) in [7, 11) is 0. The van der Waals surface area contributed by atoms with Gasteiger partial charge in [0.25, 0.3) is 0 Å². The highest BCUT2D eigenvalue weighted by molar-refractivity contribution is 6.04. The van der Waals surface area contributed by atoms with Gasteiger partial charge in [-0.15, -0.1) is 0 Å². The van der Waals surface area contributed by atoms with E-state index in [4.69, 9.17) is 4.74 Å².